The fraction of sp³-hybridized carbons (Fsp3) is 0.500. The summed E-state index contributed by atoms with van der Waals surface area (Å²) in [6.45, 7) is 1.46. The van der Waals surface area contributed by atoms with E-state index in [1.807, 2.05) is 4.90 Å². The van der Waals surface area contributed by atoms with E-state index in [2.05, 4.69) is 11.8 Å². The average molecular weight is 279 g/mol. The summed E-state index contributed by atoms with van der Waals surface area (Å²) in [5.74, 6) is 5.75. The summed E-state index contributed by atoms with van der Waals surface area (Å²) in [7, 11) is 0. The van der Waals surface area contributed by atoms with Crippen molar-refractivity contribution in [2.75, 3.05) is 26.3 Å². The van der Waals surface area contributed by atoms with Crippen molar-refractivity contribution in [2.45, 2.75) is 12.8 Å². The molecule has 102 valence electrons. The number of hydrogen-bond donors (Lipinski definition) is 2. The Morgan fingerprint density at radius 3 is 2.74 bits per heavy atom. The van der Waals surface area contributed by atoms with Crippen LogP contribution >= 0.6 is 11.3 Å². The molecule has 1 amide bonds. The molecule has 0 unspecified atom stereocenters. The number of aliphatic hydroxyl groups is 2. The molecule has 4 nitrogen and oxygen atoms in total. The lowest BCUT2D eigenvalue weighted by Crippen LogP contribution is -2.38. The highest BCUT2D eigenvalue weighted by Crippen LogP contribution is 2.22. The minimum absolute atomic E-state index is 0.0402. The number of aliphatic hydroxyl groups excluding tert-OH is 2. The Labute approximate surface area is 116 Å². The highest BCUT2D eigenvalue weighted by Gasteiger charge is 2.23. The summed E-state index contributed by atoms with van der Waals surface area (Å²) in [6.07, 6.45) is 1.73. The van der Waals surface area contributed by atoms with Gasteiger partial charge in [-0.05, 0) is 30.9 Å². The van der Waals surface area contributed by atoms with Crippen molar-refractivity contribution in [2.24, 2.45) is 5.92 Å². The van der Waals surface area contributed by atoms with Crippen LogP contribution in [-0.4, -0.2) is 47.3 Å². The van der Waals surface area contributed by atoms with Gasteiger partial charge in [0.15, 0.2) is 0 Å². The second-order valence-electron chi connectivity index (χ2n) is 4.54. The van der Waals surface area contributed by atoms with Crippen LogP contribution in [-0.2, 0) is 0 Å². The van der Waals surface area contributed by atoms with E-state index in [0.29, 0.717) is 23.9 Å². The van der Waals surface area contributed by atoms with Crippen molar-refractivity contribution in [3.63, 3.8) is 0 Å². The maximum absolute atomic E-state index is 12.3. The molecule has 19 heavy (non-hydrogen) atoms. The van der Waals surface area contributed by atoms with Gasteiger partial charge in [0.05, 0.1) is 9.75 Å². The maximum Gasteiger partial charge on any atom is 0.263 e. The van der Waals surface area contributed by atoms with Crippen LogP contribution in [0, 0.1) is 17.8 Å². The number of carbonyl (C=O) groups excluding carboxylic acids is 1. The fourth-order valence-corrected chi connectivity index (χ4v) is 2.97. The molecule has 1 aromatic rings. The highest BCUT2D eigenvalue weighted by atomic mass is 32.1. The summed E-state index contributed by atoms with van der Waals surface area (Å²) >= 11 is 1.36. The molecule has 0 aliphatic carbocycles. The van der Waals surface area contributed by atoms with Crippen molar-refractivity contribution in [3.8, 4) is 11.8 Å². The zero-order valence-corrected chi connectivity index (χ0v) is 11.4. The van der Waals surface area contributed by atoms with Crippen LogP contribution in [0.4, 0.5) is 0 Å². The number of hydrogen-bond acceptors (Lipinski definition) is 4. The van der Waals surface area contributed by atoms with Crippen molar-refractivity contribution in [3.05, 3.63) is 21.9 Å². The summed E-state index contributed by atoms with van der Waals surface area (Å²) in [4.78, 5) is 15.6. The predicted octanol–water partition coefficient (Wildman–Crippen LogP) is 0.936. The summed E-state index contributed by atoms with van der Waals surface area (Å²) in [5.41, 5.74) is 0. The summed E-state index contributed by atoms with van der Waals surface area (Å²) in [5, 5.41) is 17.7. The quantitative estimate of drug-likeness (QED) is 0.792. The lowest BCUT2D eigenvalue weighted by molar-refractivity contribution is 0.0655. The van der Waals surface area contributed by atoms with Crippen LogP contribution in [0.15, 0.2) is 12.1 Å². The van der Waals surface area contributed by atoms with Gasteiger partial charge in [-0.15, -0.1) is 11.3 Å². The van der Waals surface area contributed by atoms with Gasteiger partial charge in [0.2, 0.25) is 0 Å². The Morgan fingerprint density at radius 1 is 1.37 bits per heavy atom. The predicted molar refractivity (Wildman–Crippen MR) is 74.0 cm³/mol. The Morgan fingerprint density at radius 2 is 2.11 bits per heavy atom. The van der Waals surface area contributed by atoms with Gasteiger partial charge in [0.25, 0.3) is 5.91 Å². The molecule has 5 heteroatoms. The molecule has 0 aromatic carbocycles. The second kappa shape index (κ2) is 6.71. The van der Waals surface area contributed by atoms with Crippen LogP contribution in [0.3, 0.4) is 0 Å². The molecule has 2 N–H and O–H groups in total. The minimum Gasteiger partial charge on any atom is -0.396 e. The third-order valence-corrected chi connectivity index (χ3v) is 4.26. The minimum atomic E-state index is -0.171. The largest absolute Gasteiger partial charge is 0.396 e. The third-order valence-electron chi connectivity index (χ3n) is 3.27. The van der Waals surface area contributed by atoms with Crippen LogP contribution in [0.25, 0.3) is 0 Å². The van der Waals surface area contributed by atoms with Gasteiger partial charge < -0.3 is 15.1 Å². The number of piperidine rings is 1. The molecular weight excluding hydrogens is 262 g/mol. The first-order chi connectivity index (χ1) is 9.24. The van der Waals surface area contributed by atoms with E-state index in [0.717, 1.165) is 17.7 Å². The Kier molecular flexibility index (Phi) is 4.97. The topological polar surface area (TPSA) is 60.8 Å². The number of amides is 1. The Bertz CT molecular complexity index is 492. The molecule has 1 saturated heterocycles. The van der Waals surface area contributed by atoms with Gasteiger partial charge in [-0.1, -0.05) is 11.8 Å². The van der Waals surface area contributed by atoms with Crippen molar-refractivity contribution in [1.29, 1.82) is 0 Å². The smallest absolute Gasteiger partial charge is 0.263 e. The first-order valence-corrected chi connectivity index (χ1v) is 7.16. The molecule has 1 aliphatic rings. The lowest BCUT2D eigenvalue weighted by atomic mass is 9.98. The number of nitrogens with zero attached hydrogens (tertiary/aromatic N) is 1. The third kappa shape index (κ3) is 3.57. The van der Waals surface area contributed by atoms with Gasteiger partial charge in [-0.3, -0.25) is 4.79 Å². The molecule has 1 aliphatic heterocycles. The molecule has 1 fully saturated rings. The first-order valence-electron chi connectivity index (χ1n) is 6.34. The molecular formula is C14H17NO3S. The fourth-order valence-electron chi connectivity index (χ4n) is 2.12. The summed E-state index contributed by atoms with van der Waals surface area (Å²) < 4.78 is 0. The highest BCUT2D eigenvalue weighted by molar-refractivity contribution is 7.14. The second-order valence-corrected chi connectivity index (χ2v) is 5.63. The molecule has 1 aromatic heterocycles. The van der Waals surface area contributed by atoms with E-state index in [4.69, 9.17) is 10.2 Å². The average Bonchev–Trinajstić information content (AvgIpc) is 2.93. The zero-order chi connectivity index (χ0) is 13.7. The van der Waals surface area contributed by atoms with Gasteiger partial charge in [-0.25, -0.2) is 0 Å². The summed E-state index contributed by atoms with van der Waals surface area (Å²) in [6, 6.07) is 3.59. The van der Waals surface area contributed by atoms with E-state index < -0.39 is 0 Å². The molecule has 0 radical (unpaired) electrons. The first kappa shape index (κ1) is 14.1. The van der Waals surface area contributed by atoms with E-state index in [9.17, 15) is 4.79 Å². The Hall–Kier alpha value is -1.35. The molecule has 2 heterocycles. The molecule has 0 spiro atoms. The number of carbonyl (C=O) groups is 1. The van der Waals surface area contributed by atoms with Crippen molar-refractivity contribution < 1.29 is 15.0 Å². The van der Waals surface area contributed by atoms with E-state index in [1.54, 1.807) is 12.1 Å². The standard InChI is InChI=1S/C14H17NO3S/c16-9-1-2-12-3-4-13(19-12)14(18)15-7-5-11(10-17)6-8-15/h3-4,11,16-17H,5-10H2. The number of likely N-dealkylation sites (tertiary alicyclic amines) is 1. The zero-order valence-electron chi connectivity index (χ0n) is 10.6. The monoisotopic (exact) mass is 279 g/mol. The van der Waals surface area contributed by atoms with Gasteiger partial charge >= 0.3 is 0 Å². The van der Waals surface area contributed by atoms with E-state index in [-0.39, 0.29) is 19.1 Å². The van der Waals surface area contributed by atoms with Crippen LogP contribution in [0.2, 0.25) is 0 Å². The number of rotatable bonds is 2. The molecule has 0 bridgehead atoms. The lowest BCUT2D eigenvalue weighted by Gasteiger charge is -2.30. The van der Waals surface area contributed by atoms with Crippen molar-refractivity contribution in [1.82, 2.24) is 4.90 Å². The van der Waals surface area contributed by atoms with E-state index in [1.165, 1.54) is 11.3 Å². The number of thiophene rings is 1. The van der Waals surface area contributed by atoms with Gasteiger partial charge in [0, 0.05) is 19.7 Å². The van der Waals surface area contributed by atoms with Crippen LogP contribution in [0.1, 0.15) is 27.4 Å². The normalized spacial score (nSPS) is 16.0. The van der Waals surface area contributed by atoms with E-state index >= 15 is 0 Å². The molecule has 0 saturated carbocycles. The van der Waals surface area contributed by atoms with Gasteiger partial charge in [0.1, 0.15) is 6.61 Å². The van der Waals surface area contributed by atoms with Crippen LogP contribution in [0.5, 0.6) is 0 Å². The SMILES string of the molecule is O=C(c1ccc(C#CCO)s1)N1CCC(CO)CC1. The van der Waals surface area contributed by atoms with Gasteiger partial charge in [-0.2, -0.15) is 0 Å². The Balaban J connectivity index is 1.98. The van der Waals surface area contributed by atoms with Crippen LogP contribution < -0.4 is 0 Å². The van der Waals surface area contributed by atoms with Crippen molar-refractivity contribution >= 4 is 17.2 Å². The molecule has 2 rings (SSSR count). The molecule has 0 atom stereocenters. The maximum atomic E-state index is 12.3.